The Morgan fingerprint density at radius 2 is 2.15 bits per heavy atom. The van der Waals surface area contributed by atoms with Crippen molar-refractivity contribution in [1.82, 2.24) is 4.98 Å². The summed E-state index contributed by atoms with van der Waals surface area (Å²) < 4.78 is 0. The van der Waals surface area contributed by atoms with Gasteiger partial charge in [0.05, 0.1) is 11.4 Å². The highest BCUT2D eigenvalue weighted by atomic mass is 14.8. The van der Waals surface area contributed by atoms with Gasteiger partial charge in [-0.1, -0.05) is 18.2 Å². The fraction of sp³-hybridized carbons (Fsp3) is 0.0909. The molecule has 0 atom stereocenters. The van der Waals surface area contributed by atoms with Crippen molar-refractivity contribution in [1.29, 1.82) is 0 Å². The van der Waals surface area contributed by atoms with Crippen molar-refractivity contribution < 1.29 is 0 Å². The average Bonchev–Trinajstić information content (AvgIpc) is 2.47. The minimum Gasteiger partial charge on any atom is -0.255 e. The second kappa shape index (κ2) is 3.81. The number of hydrogen-bond acceptors (Lipinski definition) is 2. The van der Waals surface area contributed by atoms with Crippen molar-refractivity contribution in [2.75, 3.05) is 0 Å². The van der Waals surface area contributed by atoms with Gasteiger partial charge in [-0.15, -0.1) is 0 Å². The maximum atomic E-state index is 4.28. The summed E-state index contributed by atoms with van der Waals surface area (Å²) in [4.78, 5) is 8.51. The largest absolute Gasteiger partial charge is 0.255 e. The number of nitrogens with zero attached hydrogens (tertiary/aromatic N) is 2. The van der Waals surface area contributed by atoms with Gasteiger partial charge >= 0.3 is 0 Å². The molecule has 2 heterocycles. The van der Waals surface area contributed by atoms with Gasteiger partial charge in [-0.3, -0.25) is 9.98 Å². The minimum atomic E-state index is 0.922. The molecule has 1 aliphatic heterocycles. The molecule has 2 rings (SSSR count). The standard InChI is InChI=1S/C11H10N2/c1-2-6-10(12-8-4-1)11-7-3-5-9-13-11/h2-9H,1H2. The molecule has 0 saturated carbocycles. The smallest absolute Gasteiger partial charge is 0.0885 e. The lowest BCUT2D eigenvalue weighted by atomic mass is 10.2. The molecule has 64 valence electrons. The zero-order valence-electron chi connectivity index (χ0n) is 7.22. The fourth-order valence-corrected chi connectivity index (χ4v) is 1.16. The highest BCUT2D eigenvalue weighted by molar-refractivity contribution is 6.07. The van der Waals surface area contributed by atoms with E-state index in [0.29, 0.717) is 0 Å². The zero-order chi connectivity index (χ0) is 8.93. The van der Waals surface area contributed by atoms with Crippen molar-refractivity contribution in [3.63, 3.8) is 0 Å². The molecule has 1 aliphatic rings. The van der Waals surface area contributed by atoms with Gasteiger partial charge in [0.2, 0.25) is 0 Å². The Labute approximate surface area is 77.4 Å². The first-order valence-corrected chi connectivity index (χ1v) is 4.27. The highest BCUT2D eigenvalue weighted by Gasteiger charge is 1.99. The van der Waals surface area contributed by atoms with Crippen LogP contribution < -0.4 is 0 Å². The van der Waals surface area contributed by atoms with Gasteiger partial charge in [0.1, 0.15) is 0 Å². The van der Waals surface area contributed by atoms with Gasteiger partial charge < -0.3 is 0 Å². The monoisotopic (exact) mass is 170 g/mol. The average molecular weight is 170 g/mol. The minimum absolute atomic E-state index is 0.922. The first-order chi connectivity index (χ1) is 6.47. The van der Waals surface area contributed by atoms with Gasteiger partial charge in [-0.2, -0.15) is 0 Å². The van der Waals surface area contributed by atoms with Crippen LogP contribution in [0.3, 0.4) is 0 Å². The van der Waals surface area contributed by atoms with Crippen LogP contribution in [0.5, 0.6) is 0 Å². The first kappa shape index (κ1) is 7.92. The molecule has 13 heavy (non-hydrogen) atoms. The van der Waals surface area contributed by atoms with Crippen LogP contribution in [0.1, 0.15) is 12.1 Å². The Kier molecular flexibility index (Phi) is 2.32. The van der Waals surface area contributed by atoms with Crippen molar-refractivity contribution in [2.45, 2.75) is 6.42 Å². The molecule has 0 spiro atoms. The Bertz CT molecular complexity index is 361. The van der Waals surface area contributed by atoms with Crippen LogP contribution in [0.4, 0.5) is 0 Å². The third-order valence-corrected chi connectivity index (χ3v) is 1.79. The van der Waals surface area contributed by atoms with E-state index in [1.807, 2.05) is 36.6 Å². The Morgan fingerprint density at radius 3 is 3.00 bits per heavy atom. The van der Waals surface area contributed by atoms with Gasteiger partial charge in [0.15, 0.2) is 0 Å². The summed E-state index contributed by atoms with van der Waals surface area (Å²) in [5, 5.41) is 0. The second-order valence-corrected chi connectivity index (χ2v) is 2.75. The lowest BCUT2D eigenvalue weighted by Crippen LogP contribution is -1.97. The van der Waals surface area contributed by atoms with E-state index in [9.17, 15) is 0 Å². The molecule has 0 saturated heterocycles. The number of aromatic nitrogens is 1. The third-order valence-electron chi connectivity index (χ3n) is 1.79. The van der Waals surface area contributed by atoms with Crippen LogP contribution >= 0.6 is 0 Å². The molecule has 0 aromatic carbocycles. The number of aliphatic imine (C=N–C) groups is 1. The molecule has 0 radical (unpaired) electrons. The summed E-state index contributed by atoms with van der Waals surface area (Å²) in [5.41, 5.74) is 1.85. The molecule has 0 N–H and O–H groups in total. The molecule has 2 nitrogen and oxygen atoms in total. The molecule has 0 unspecified atom stereocenters. The third kappa shape index (κ3) is 1.90. The first-order valence-electron chi connectivity index (χ1n) is 4.27. The van der Waals surface area contributed by atoms with Gasteiger partial charge in [0.25, 0.3) is 0 Å². The lowest BCUT2D eigenvalue weighted by Gasteiger charge is -1.96. The molecule has 0 aliphatic carbocycles. The lowest BCUT2D eigenvalue weighted by molar-refractivity contribution is 1.29. The van der Waals surface area contributed by atoms with E-state index in [1.165, 1.54) is 0 Å². The normalized spacial score (nSPS) is 15.2. The van der Waals surface area contributed by atoms with Crippen molar-refractivity contribution in [3.05, 3.63) is 54.5 Å². The predicted molar refractivity (Wildman–Crippen MR) is 53.7 cm³/mol. The van der Waals surface area contributed by atoms with E-state index >= 15 is 0 Å². The highest BCUT2D eigenvalue weighted by Crippen LogP contribution is 2.03. The Hall–Kier alpha value is -1.70. The molecule has 1 aromatic heterocycles. The summed E-state index contributed by atoms with van der Waals surface area (Å²) in [7, 11) is 0. The van der Waals surface area contributed by atoms with E-state index in [2.05, 4.69) is 16.1 Å². The fourth-order valence-electron chi connectivity index (χ4n) is 1.16. The summed E-state index contributed by atoms with van der Waals surface area (Å²) in [6.07, 6.45) is 10.6. The summed E-state index contributed by atoms with van der Waals surface area (Å²) in [5.74, 6) is 0. The number of hydrogen-bond donors (Lipinski definition) is 0. The Balaban J connectivity index is 2.36. The molecular weight excluding hydrogens is 160 g/mol. The Morgan fingerprint density at radius 1 is 1.15 bits per heavy atom. The maximum Gasteiger partial charge on any atom is 0.0885 e. The van der Waals surface area contributed by atoms with E-state index in [0.717, 1.165) is 17.8 Å². The number of rotatable bonds is 1. The summed E-state index contributed by atoms with van der Waals surface area (Å²) >= 11 is 0. The molecule has 1 aromatic rings. The van der Waals surface area contributed by atoms with Crippen LogP contribution in [-0.4, -0.2) is 10.7 Å². The van der Waals surface area contributed by atoms with Crippen LogP contribution in [0.15, 0.2) is 53.8 Å². The van der Waals surface area contributed by atoms with Crippen molar-refractivity contribution in [3.8, 4) is 0 Å². The summed E-state index contributed by atoms with van der Waals surface area (Å²) in [6.45, 7) is 0. The second-order valence-electron chi connectivity index (χ2n) is 2.75. The zero-order valence-corrected chi connectivity index (χ0v) is 7.22. The molecule has 2 heteroatoms. The summed E-state index contributed by atoms with van der Waals surface area (Å²) in [6, 6.07) is 5.83. The van der Waals surface area contributed by atoms with Gasteiger partial charge in [-0.05, 0) is 24.6 Å². The van der Waals surface area contributed by atoms with Crippen molar-refractivity contribution >= 4 is 5.71 Å². The van der Waals surface area contributed by atoms with E-state index < -0.39 is 0 Å². The SMILES string of the molecule is C1=CN=C(c2ccccn2)C=CC1. The molecule has 0 amide bonds. The van der Waals surface area contributed by atoms with Crippen LogP contribution in [0.25, 0.3) is 0 Å². The molecular formula is C11H10N2. The van der Waals surface area contributed by atoms with Crippen molar-refractivity contribution in [2.24, 2.45) is 4.99 Å². The van der Waals surface area contributed by atoms with Crippen LogP contribution in [-0.2, 0) is 0 Å². The van der Waals surface area contributed by atoms with Gasteiger partial charge in [0, 0.05) is 12.4 Å². The number of allylic oxidation sites excluding steroid dienone is 3. The quantitative estimate of drug-likeness (QED) is 0.635. The van der Waals surface area contributed by atoms with E-state index in [4.69, 9.17) is 0 Å². The van der Waals surface area contributed by atoms with E-state index in [1.54, 1.807) is 6.20 Å². The molecule has 0 bridgehead atoms. The van der Waals surface area contributed by atoms with E-state index in [-0.39, 0.29) is 0 Å². The van der Waals surface area contributed by atoms with Gasteiger partial charge in [-0.25, -0.2) is 0 Å². The number of pyridine rings is 1. The predicted octanol–water partition coefficient (Wildman–Crippen LogP) is 2.34. The van der Waals surface area contributed by atoms with Crippen LogP contribution in [0, 0.1) is 0 Å². The van der Waals surface area contributed by atoms with Crippen LogP contribution in [0.2, 0.25) is 0 Å². The topological polar surface area (TPSA) is 25.2 Å². The molecule has 0 fully saturated rings. The maximum absolute atomic E-state index is 4.28.